The van der Waals surface area contributed by atoms with Gasteiger partial charge in [0, 0.05) is 23.8 Å². The minimum Gasteiger partial charge on any atom is -0.380 e. The van der Waals surface area contributed by atoms with Gasteiger partial charge in [0.15, 0.2) is 5.78 Å². The Bertz CT molecular complexity index is 868. The summed E-state index contributed by atoms with van der Waals surface area (Å²) in [5.41, 5.74) is 1.62. The van der Waals surface area contributed by atoms with E-state index in [1.54, 1.807) is 24.4 Å². The molecule has 1 unspecified atom stereocenters. The van der Waals surface area contributed by atoms with Crippen LogP contribution in [0.1, 0.15) is 23.2 Å². The zero-order chi connectivity index (χ0) is 17.0. The van der Waals surface area contributed by atoms with Crippen LogP contribution in [0.3, 0.4) is 0 Å². The number of ketones is 1. The van der Waals surface area contributed by atoms with E-state index in [1.807, 2.05) is 37.3 Å². The zero-order valence-corrected chi connectivity index (χ0v) is 13.4. The van der Waals surface area contributed by atoms with Crippen molar-refractivity contribution in [2.24, 2.45) is 0 Å². The standard InChI is InChI=1S/C21H17NO2/c1-16-7-9-17(10-8-16)5-4-12-21(24)13-11-20(23)19(21)15-18-6-2-3-14-22-18/h2-3,6-11,13-15,24H,12H2,1H3/b19-15-. The summed E-state index contributed by atoms with van der Waals surface area (Å²) >= 11 is 0. The fraction of sp³-hybridized carbons (Fsp3) is 0.143. The van der Waals surface area contributed by atoms with Crippen LogP contribution in [-0.2, 0) is 4.79 Å². The minimum atomic E-state index is -1.37. The molecule has 1 aromatic heterocycles. The summed E-state index contributed by atoms with van der Waals surface area (Å²) in [6.45, 7) is 2.02. The Morgan fingerprint density at radius 1 is 1.21 bits per heavy atom. The molecule has 1 aliphatic carbocycles. The maximum Gasteiger partial charge on any atom is 0.184 e. The van der Waals surface area contributed by atoms with Gasteiger partial charge < -0.3 is 5.11 Å². The Balaban J connectivity index is 1.83. The molecule has 0 bridgehead atoms. The molecule has 0 fully saturated rings. The minimum absolute atomic E-state index is 0.155. The first-order chi connectivity index (χ1) is 11.6. The molecular formula is C21H17NO2. The molecule has 0 radical (unpaired) electrons. The molecule has 1 heterocycles. The first-order valence-electron chi connectivity index (χ1n) is 7.71. The molecule has 0 spiro atoms. The third kappa shape index (κ3) is 3.51. The van der Waals surface area contributed by atoms with Gasteiger partial charge in [-0.1, -0.05) is 35.6 Å². The monoisotopic (exact) mass is 315 g/mol. The number of carbonyl (C=O) groups is 1. The highest BCUT2D eigenvalue weighted by molar-refractivity contribution is 6.12. The fourth-order valence-corrected chi connectivity index (χ4v) is 2.48. The number of benzene rings is 1. The predicted octanol–water partition coefficient (Wildman–Crippen LogP) is 3.09. The topological polar surface area (TPSA) is 50.2 Å². The average molecular weight is 315 g/mol. The van der Waals surface area contributed by atoms with Crippen LogP contribution in [0.25, 0.3) is 6.08 Å². The van der Waals surface area contributed by atoms with Gasteiger partial charge in [-0.25, -0.2) is 0 Å². The molecule has 3 heteroatoms. The normalized spacial score (nSPS) is 20.9. The van der Waals surface area contributed by atoms with E-state index in [1.165, 1.54) is 17.7 Å². The molecule has 1 N–H and O–H groups in total. The first-order valence-corrected chi connectivity index (χ1v) is 7.71. The molecule has 118 valence electrons. The van der Waals surface area contributed by atoms with Crippen LogP contribution in [0.4, 0.5) is 0 Å². The summed E-state index contributed by atoms with van der Waals surface area (Å²) in [5, 5.41) is 10.8. The molecule has 1 aromatic carbocycles. The van der Waals surface area contributed by atoms with Crippen molar-refractivity contribution in [1.29, 1.82) is 0 Å². The van der Waals surface area contributed by atoms with E-state index in [4.69, 9.17) is 0 Å². The summed E-state index contributed by atoms with van der Waals surface area (Å²) in [6.07, 6.45) is 6.32. The molecule has 3 rings (SSSR count). The molecule has 24 heavy (non-hydrogen) atoms. The van der Waals surface area contributed by atoms with Crippen molar-refractivity contribution in [3.05, 3.63) is 83.2 Å². The highest BCUT2D eigenvalue weighted by atomic mass is 16.3. The number of hydrogen-bond acceptors (Lipinski definition) is 3. The number of nitrogens with zero attached hydrogens (tertiary/aromatic N) is 1. The van der Waals surface area contributed by atoms with Gasteiger partial charge in [0.2, 0.25) is 0 Å². The molecule has 0 saturated heterocycles. The summed E-state index contributed by atoms with van der Waals surface area (Å²) in [5.74, 6) is 5.79. The molecule has 0 amide bonds. The summed E-state index contributed by atoms with van der Waals surface area (Å²) in [7, 11) is 0. The van der Waals surface area contributed by atoms with Gasteiger partial charge >= 0.3 is 0 Å². The van der Waals surface area contributed by atoms with Crippen LogP contribution < -0.4 is 0 Å². The number of pyridine rings is 1. The maximum absolute atomic E-state index is 12.1. The lowest BCUT2D eigenvalue weighted by Gasteiger charge is -2.19. The van der Waals surface area contributed by atoms with Gasteiger partial charge in [-0.3, -0.25) is 9.78 Å². The Hall–Kier alpha value is -2.96. The highest BCUT2D eigenvalue weighted by Gasteiger charge is 2.36. The lowest BCUT2D eigenvalue weighted by atomic mass is 9.92. The number of aliphatic hydroxyl groups is 1. The summed E-state index contributed by atoms with van der Waals surface area (Å²) < 4.78 is 0. The maximum atomic E-state index is 12.1. The molecule has 1 atom stereocenters. The smallest absolute Gasteiger partial charge is 0.184 e. The van der Waals surface area contributed by atoms with Gasteiger partial charge in [-0.2, -0.15) is 0 Å². The van der Waals surface area contributed by atoms with Crippen LogP contribution in [0.5, 0.6) is 0 Å². The van der Waals surface area contributed by atoms with Crippen molar-refractivity contribution in [1.82, 2.24) is 4.98 Å². The number of carbonyl (C=O) groups excluding carboxylic acids is 1. The number of allylic oxidation sites excluding steroid dienone is 1. The summed E-state index contributed by atoms with van der Waals surface area (Å²) in [4.78, 5) is 16.2. The van der Waals surface area contributed by atoms with Crippen LogP contribution in [-0.4, -0.2) is 21.5 Å². The SMILES string of the molecule is Cc1ccc(C#CCC2(O)C=CC(=O)/C2=C/c2ccccn2)cc1. The Morgan fingerprint density at radius 3 is 2.71 bits per heavy atom. The van der Waals surface area contributed by atoms with Crippen LogP contribution in [0, 0.1) is 18.8 Å². The van der Waals surface area contributed by atoms with Crippen molar-refractivity contribution < 1.29 is 9.90 Å². The second-order valence-electron chi connectivity index (χ2n) is 5.78. The van der Waals surface area contributed by atoms with E-state index in [9.17, 15) is 9.90 Å². The van der Waals surface area contributed by atoms with Gasteiger partial charge in [0.1, 0.15) is 5.60 Å². The Morgan fingerprint density at radius 2 is 2.00 bits per heavy atom. The zero-order valence-electron chi connectivity index (χ0n) is 13.4. The van der Waals surface area contributed by atoms with Crippen molar-refractivity contribution in [3.8, 4) is 11.8 Å². The van der Waals surface area contributed by atoms with Crippen molar-refractivity contribution >= 4 is 11.9 Å². The third-order valence-electron chi connectivity index (χ3n) is 3.86. The van der Waals surface area contributed by atoms with Crippen molar-refractivity contribution in [3.63, 3.8) is 0 Å². The molecule has 3 nitrogen and oxygen atoms in total. The molecule has 0 aliphatic heterocycles. The van der Waals surface area contributed by atoms with Crippen LogP contribution >= 0.6 is 0 Å². The fourth-order valence-electron chi connectivity index (χ4n) is 2.48. The molecular weight excluding hydrogens is 298 g/mol. The van der Waals surface area contributed by atoms with Gasteiger partial charge in [-0.15, -0.1) is 0 Å². The van der Waals surface area contributed by atoms with E-state index in [2.05, 4.69) is 16.8 Å². The molecule has 2 aromatic rings. The van der Waals surface area contributed by atoms with E-state index in [0.717, 1.165) is 5.56 Å². The van der Waals surface area contributed by atoms with Gasteiger partial charge in [0.25, 0.3) is 0 Å². The van der Waals surface area contributed by atoms with E-state index in [0.29, 0.717) is 11.3 Å². The lowest BCUT2D eigenvalue weighted by molar-refractivity contribution is -0.111. The van der Waals surface area contributed by atoms with E-state index < -0.39 is 5.60 Å². The van der Waals surface area contributed by atoms with E-state index in [-0.39, 0.29) is 12.2 Å². The Kier molecular flexibility index (Phi) is 4.41. The quantitative estimate of drug-likeness (QED) is 0.684. The van der Waals surface area contributed by atoms with Crippen LogP contribution in [0.15, 0.2) is 66.4 Å². The van der Waals surface area contributed by atoms with Crippen molar-refractivity contribution in [2.75, 3.05) is 0 Å². The number of aryl methyl sites for hydroxylation is 1. The van der Waals surface area contributed by atoms with Gasteiger partial charge in [0.05, 0.1) is 5.69 Å². The molecule has 0 saturated carbocycles. The van der Waals surface area contributed by atoms with Gasteiger partial charge in [-0.05, 0) is 49.4 Å². The average Bonchev–Trinajstić information content (AvgIpc) is 2.86. The third-order valence-corrected chi connectivity index (χ3v) is 3.86. The predicted molar refractivity (Wildman–Crippen MR) is 94.0 cm³/mol. The Labute approximate surface area is 141 Å². The highest BCUT2D eigenvalue weighted by Crippen LogP contribution is 2.30. The second-order valence-corrected chi connectivity index (χ2v) is 5.78. The van der Waals surface area contributed by atoms with Crippen LogP contribution in [0.2, 0.25) is 0 Å². The van der Waals surface area contributed by atoms with Crippen molar-refractivity contribution in [2.45, 2.75) is 18.9 Å². The lowest BCUT2D eigenvalue weighted by Crippen LogP contribution is -2.27. The first kappa shape index (κ1) is 15.9. The summed E-state index contributed by atoms with van der Waals surface area (Å²) in [6, 6.07) is 13.3. The second kappa shape index (κ2) is 6.66. The van der Waals surface area contributed by atoms with E-state index >= 15 is 0 Å². The number of aromatic nitrogens is 1. The number of rotatable bonds is 2. The number of hydrogen-bond donors (Lipinski definition) is 1. The largest absolute Gasteiger partial charge is 0.380 e. The molecule has 1 aliphatic rings.